The van der Waals surface area contributed by atoms with Gasteiger partial charge in [0.15, 0.2) is 0 Å². The van der Waals surface area contributed by atoms with Crippen molar-refractivity contribution in [1.82, 2.24) is 20.1 Å². The van der Waals surface area contributed by atoms with Crippen molar-refractivity contribution >= 4 is 6.03 Å². The van der Waals surface area contributed by atoms with Gasteiger partial charge in [0, 0.05) is 38.1 Å². The van der Waals surface area contributed by atoms with Crippen molar-refractivity contribution < 1.29 is 4.79 Å². The molecule has 0 aromatic carbocycles. The molecule has 0 bridgehead atoms. The van der Waals surface area contributed by atoms with Crippen LogP contribution in [0.5, 0.6) is 0 Å². The van der Waals surface area contributed by atoms with Gasteiger partial charge in [-0.25, -0.2) is 4.79 Å². The Bertz CT molecular complexity index is 513. The standard InChI is InChI=1S/C19H30N4O/c1-2-22-10-4-6-18(15-22)21-19(24)23-11-7-16(8-12-23)13-17-5-3-9-20-14-17/h3,5,9,14,16,18H,2,4,6-8,10-13,15H2,1H3,(H,21,24). The molecular formula is C19H30N4O. The largest absolute Gasteiger partial charge is 0.334 e. The summed E-state index contributed by atoms with van der Waals surface area (Å²) in [5.74, 6) is 0.670. The van der Waals surface area contributed by atoms with Gasteiger partial charge in [-0.3, -0.25) is 4.98 Å². The van der Waals surface area contributed by atoms with Gasteiger partial charge in [-0.15, -0.1) is 0 Å². The number of nitrogens with zero attached hydrogens (tertiary/aromatic N) is 3. The molecule has 1 aromatic heterocycles. The first kappa shape index (κ1) is 17.2. The van der Waals surface area contributed by atoms with Gasteiger partial charge in [0.2, 0.25) is 0 Å². The zero-order valence-electron chi connectivity index (χ0n) is 14.8. The second-order valence-corrected chi connectivity index (χ2v) is 7.18. The minimum Gasteiger partial charge on any atom is -0.334 e. The topological polar surface area (TPSA) is 48.5 Å². The fraction of sp³-hybridized carbons (Fsp3) is 0.684. The Kier molecular flexibility index (Phi) is 6.07. The van der Waals surface area contributed by atoms with E-state index in [0.29, 0.717) is 12.0 Å². The summed E-state index contributed by atoms with van der Waals surface area (Å²) in [5.41, 5.74) is 1.31. The average Bonchev–Trinajstić information content (AvgIpc) is 2.63. The summed E-state index contributed by atoms with van der Waals surface area (Å²) in [6.45, 7) is 7.19. The summed E-state index contributed by atoms with van der Waals surface area (Å²) in [5, 5.41) is 3.25. The van der Waals surface area contributed by atoms with Crippen LogP contribution in [0.1, 0.15) is 38.2 Å². The molecule has 5 heteroatoms. The maximum absolute atomic E-state index is 12.5. The first-order chi connectivity index (χ1) is 11.7. The van der Waals surface area contributed by atoms with Gasteiger partial charge in [0.25, 0.3) is 0 Å². The fourth-order valence-electron chi connectivity index (χ4n) is 3.92. The number of amides is 2. The molecule has 1 unspecified atom stereocenters. The van der Waals surface area contributed by atoms with E-state index in [1.54, 1.807) is 0 Å². The molecule has 0 aliphatic carbocycles. The van der Waals surface area contributed by atoms with Gasteiger partial charge in [-0.05, 0) is 62.7 Å². The molecule has 0 saturated carbocycles. The molecule has 0 spiro atoms. The highest BCUT2D eigenvalue weighted by molar-refractivity contribution is 5.74. The van der Waals surface area contributed by atoms with E-state index in [4.69, 9.17) is 0 Å². The summed E-state index contributed by atoms with van der Waals surface area (Å²) in [4.78, 5) is 21.1. The van der Waals surface area contributed by atoms with Gasteiger partial charge in [-0.1, -0.05) is 13.0 Å². The van der Waals surface area contributed by atoms with E-state index >= 15 is 0 Å². The number of aromatic nitrogens is 1. The minimum absolute atomic E-state index is 0.137. The minimum atomic E-state index is 0.137. The molecule has 1 aromatic rings. The number of hydrogen-bond donors (Lipinski definition) is 1. The summed E-state index contributed by atoms with van der Waals surface area (Å²) < 4.78 is 0. The molecule has 2 fully saturated rings. The smallest absolute Gasteiger partial charge is 0.317 e. The fourth-order valence-corrected chi connectivity index (χ4v) is 3.92. The number of piperidine rings is 2. The molecule has 2 aliphatic rings. The summed E-state index contributed by atoms with van der Waals surface area (Å²) in [6.07, 6.45) is 9.34. The first-order valence-electron chi connectivity index (χ1n) is 9.41. The number of rotatable bonds is 4. The van der Waals surface area contributed by atoms with Crippen molar-refractivity contribution in [3.63, 3.8) is 0 Å². The number of carbonyl (C=O) groups is 1. The quantitative estimate of drug-likeness (QED) is 0.923. The van der Waals surface area contributed by atoms with E-state index in [2.05, 4.69) is 28.2 Å². The highest BCUT2D eigenvalue weighted by Crippen LogP contribution is 2.21. The third-order valence-electron chi connectivity index (χ3n) is 5.43. The normalized spacial score (nSPS) is 23.2. The lowest BCUT2D eigenvalue weighted by Crippen LogP contribution is -2.52. The van der Waals surface area contributed by atoms with Crippen LogP contribution >= 0.6 is 0 Å². The van der Waals surface area contributed by atoms with E-state index in [1.807, 2.05) is 23.4 Å². The summed E-state index contributed by atoms with van der Waals surface area (Å²) >= 11 is 0. The predicted molar refractivity (Wildman–Crippen MR) is 95.9 cm³/mol. The lowest BCUT2D eigenvalue weighted by atomic mass is 9.91. The Balaban J connectivity index is 1.42. The van der Waals surface area contributed by atoms with Crippen LogP contribution in [0, 0.1) is 5.92 Å². The van der Waals surface area contributed by atoms with Crippen LogP contribution in [-0.2, 0) is 6.42 Å². The van der Waals surface area contributed by atoms with Crippen molar-refractivity contribution in [2.45, 2.75) is 45.1 Å². The predicted octanol–water partition coefficient (Wildman–Crippen LogP) is 2.53. The van der Waals surface area contributed by atoms with Crippen molar-refractivity contribution in [2.75, 3.05) is 32.7 Å². The Morgan fingerprint density at radius 1 is 1.29 bits per heavy atom. The van der Waals surface area contributed by atoms with Crippen LogP contribution in [0.15, 0.2) is 24.5 Å². The van der Waals surface area contributed by atoms with Crippen LogP contribution in [0.4, 0.5) is 4.79 Å². The van der Waals surface area contributed by atoms with E-state index in [1.165, 1.54) is 18.5 Å². The first-order valence-corrected chi connectivity index (χ1v) is 9.41. The van der Waals surface area contributed by atoms with Crippen LogP contribution in [0.25, 0.3) is 0 Å². The number of pyridine rings is 1. The highest BCUT2D eigenvalue weighted by atomic mass is 16.2. The van der Waals surface area contributed by atoms with Crippen LogP contribution < -0.4 is 5.32 Å². The zero-order valence-corrected chi connectivity index (χ0v) is 14.8. The van der Waals surface area contributed by atoms with Crippen LogP contribution in [-0.4, -0.2) is 59.6 Å². The molecule has 5 nitrogen and oxygen atoms in total. The van der Waals surface area contributed by atoms with Gasteiger partial charge >= 0.3 is 6.03 Å². The van der Waals surface area contributed by atoms with E-state index < -0.39 is 0 Å². The van der Waals surface area contributed by atoms with Gasteiger partial charge in [-0.2, -0.15) is 0 Å². The summed E-state index contributed by atoms with van der Waals surface area (Å²) in [7, 11) is 0. The molecule has 1 N–H and O–H groups in total. The van der Waals surface area contributed by atoms with Crippen molar-refractivity contribution in [2.24, 2.45) is 5.92 Å². The van der Waals surface area contributed by atoms with E-state index in [-0.39, 0.29) is 6.03 Å². The maximum atomic E-state index is 12.5. The van der Waals surface area contributed by atoms with Gasteiger partial charge in [0.1, 0.15) is 0 Å². The summed E-state index contributed by atoms with van der Waals surface area (Å²) in [6, 6.07) is 4.60. The third-order valence-corrected chi connectivity index (χ3v) is 5.43. The van der Waals surface area contributed by atoms with Crippen molar-refractivity contribution in [3.8, 4) is 0 Å². The number of hydrogen-bond acceptors (Lipinski definition) is 3. The lowest BCUT2D eigenvalue weighted by Gasteiger charge is -2.36. The monoisotopic (exact) mass is 330 g/mol. The number of nitrogens with one attached hydrogen (secondary N) is 1. The second-order valence-electron chi connectivity index (χ2n) is 7.18. The molecule has 2 amide bonds. The molecule has 132 valence electrons. The number of urea groups is 1. The molecular weight excluding hydrogens is 300 g/mol. The lowest BCUT2D eigenvalue weighted by molar-refractivity contribution is 0.153. The van der Waals surface area contributed by atoms with Crippen molar-refractivity contribution in [3.05, 3.63) is 30.1 Å². The molecule has 24 heavy (non-hydrogen) atoms. The molecule has 1 atom stereocenters. The Hall–Kier alpha value is -1.62. The second kappa shape index (κ2) is 8.47. The Morgan fingerprint density at radius 2 is 2.12 bits per heavy atom. The molecule has 2 saturated heterocycles. The number of likely N-dealkylation sites (N-methyl/N-ethyl adjacent to an activating group) is 1. The van der Waals surface area contributed by atoms with E-state index in [9.17, 15) is 4.79 Å². The number of likely N-dealkylation sites (tertiary alicyclic amines) is 2. The van der Waals surface area contributed by atoms with E-state index in [0.717, 1.165) is 51.9 Å². The molecule has 2 aliphatic heterocycles. The van der Waals surface area contributed by atoms with Crippen molar-refractivity contribution in [1.29, 1.82) is 0 Å². The van der Waals surface area contributed by atoms with Crippen LogP contribution in [0.2, 0.25) is 0 Å². The van der Waals surface area contributed by atoms with Gasteiger partial charge in [0.05, 0.1) is 0 Å². The Morgan fingerprint density at radius 3 is 2.83 bits per heavy atom. The number of carbonyl (C=O) groups excluding carboxylic acids is 1. The zero-order chi connectivity index (χ0) is 16.8. The molecule has 0 radical (unpaired) electrons. The van der Waals surface area contributed by atoms with Gasteiger partial charge < -0.3 is 15.1 Å². The molecule has 3 rings (SSSR count). The average molecular weight is 330 g/mol. The van der Waals surface area contributed by atoms with Crippen LogP contribution in [0.3, 0.4) is 0 Å². The Labute approximate surface area is 145 Å². The highest BCUT2D eigenvalue weighted by Gasteiger charge is 2.26. The SMILES string of the molecule is CCN1CCCC(NC(=O)N2CCC(Cc3cccnc3)CC2)C1. The molecule has 3 heterocycles. The third kappa shape index (κ3) is 4.69. The maximum Gasteiger partial charge on any atom is 0.317 e.